The van der Waals surface area contributed by atoms with E-state index in [0.29, 0.717) is 29.6 Å². The quantitative estimate of drug-likeness (QED) is 0.589. The molecule has 1 aliphatic heterocycles. The molecule has 3 heterocycles. The third-order valence-electron chi connectivity index (χ3n) is 4.30. The number of benzene rings is 1. The fourth-order valence-corrected chi connectivity index (χ4v) is 3.69. The summed E-state index contributed by atoms with van der Waals surface area (Å²) >= 11 is 1.35. The third kappa shape index (κ3) is 4.09. The topological polar surface area (TPSA) is 98.4 Å². The second-order valence-corrected chi connectivity index (χ2v) is 7.32. The Hall–Kier alpha value is -3.07. The van der Waals surface area contributed by atoms with E-state index in [1.54, 1.807) is 10.3 Å². The molecule has 144 valence electrons. The Balaban J connectivity index is 1.31. The zero-order valence-electron chi connectivity index (χ0n) is 15.3. The van der Waals surface area contributed by atoms with Gasteiger partial charge in [0.1, 0.15) is 0 Å². The summed E-state index contributed by atoms with van der Waals surface area (Å²) < 4.78 is 10.3. The predicted molar refractivity (Wildman–Crippen MR) is 102 cm³/mol. The second-order valence-electron chi connectivity index (χ2n) is 6.49. The van der Waals surface area contributed by atoms with E-state index in [4.69, 9.17) is 9.26 Å². The molecule has 1 aromatic carbocycles. The van der Waals surface area contributed by atoms with Gasteiger partial charge >= 0.3 is 5.97 Å². The maximum absolute atomic E-state index is 12.1. The highest BCUT2D eigenvalue weighted by molar-refractivity contribution is 7.14. The molecule has 1 fully saturated rings. The monoisotopic (exact) mass is 398 g/mol. The average molecular weight is 398 g/mol. The summed E-state index contributed by atoms with van der Waals surface area (Å²) in [4.78, 5) is 34.1. The van der Waals surface area contributed by atoms with Gasteiger partial charge in [-0.05, 0) is 13.3 Å². The van der Waals surface area contributed by atoms with Gasteiger partial charge in [0.15, 0.2) is 11.7 Å². The number of esters is 1. The van der Waals surface area contributed by atoms with Gasteiger partial charge in [0, 0.05) is 23.9 Å². The maximum atomic E-state index is 12.1. The zero-order chi connectivity index (χ0) is 19.5. The number of amides is 1. The summed E-state index contributed by atoms with van der Waals surface area (Å²) in [5.41, 5.74) is 2.55. The Morgan fingerprint density at radius 3 is 2.86 bits per heavy atom. The SMILES string of the molecule is Cc1ccc(-c2noc(COC(=O)Cc3csc(N4CCCC4=O)n3)n2)cc1. The van der Waals surface area contributed by atoms with Crippen molar-refractivity contribution in [1.82, 2.24) is 15.1 Å². The van der Waals surface area contributed by atoms with Crippen LogP contribution in [-0.4, -0.2) is 33.5 Å². The molecule has 3 aromatic rings. The van der Waals surface area contributed by atoms with Crippen molar-refractivity contribution < 1.29 is 18.8 Å². The first kappa shape index (κ1) is 18.3. The number of hydrogen-bond donors (Lipinski definition) is 0. The summed E-state index contributed by atoms with van der Waals surface area (Å²) in [6.07, 6.45) is 1.41. The molecule has 1 aliphatic rings. The van der Waals surface area contributed by atoms with E-state index in [-0.39, 0.29) is 24.8 Å². The van der Waals surface area contributed by atoms with Gasteiger partial charge in [-0.1, -0.05) is 35.0 Å². The number of carbonyl (C=O) groups is 2. The van der Waals surface area contributed by atoms with E-state index in [1.807, 2.05) is 31.2 Å². The zero-order valence-corrected chi connectivity index (χ0v) is 16.1. The van der Waals surface area contributed by atoms with Crippen molar-refractivity contribution in [3.63, 3.8) is 0 Å². The van der Waals surface area contributed by atoms with Gasteiger partial charge in [0.05, 0.1) is 12.1 Å². The number of nitrogens with zero attached hydrogens (tertiary/aromatic N) is 4. The first-order valence-corrected chi connectivity index (χ1v) is 9.76. The van der Waals surface area contributed by atoms with Crippen molar-refractivity contribution in [2.45, 2.75) is 32.8 Å². The maximum Gasteiger partial charge on any atom is 0.312 e. The van der Waals surface area contributed by atoms with Crippen molar-refractivity contribution in [3.05, 3.63) is 46.8 Å². The molecule has 2 aromatic heterocycles. The minimum Gasteiger partial charge on any atom is -0.455 e. The minimum absolute atomic E-state index is 0.0253. The van der Waals surface area contributed by atoms with Crippen LogP contribution in [0.4, 0.5) is 5.13 Å². The number of aromatic nitrogens is 3. The van der Waals surface area contributed by atoms with Gasteiger partial charge in [-0.15, -0.1) is 11.3 Å². The lowest BCUT2D eigenvalue weighted by Gasteiger charge is -2.10. The van der Waals surface area contributed by atoms with E-state index in [9.17, 15) is 9.59 Å². The van der Waals surface area contributed by atoms with Crippen LogP contribution in [0.5, 0.6) is 0 Å². The number of thiazole rings is 1. The summed E-state index contributed by atoms with van der Waals surface area (Å²) in [6.45, 7) is 2.58. The predicted octanol–water partition coefficient (Wildman–Crippen LogP) is 2.91. The third-order valence-corrected chi connectivity index (χ3v) is 5.22. The van der Waals surface area contributed by atoms with Crippen LogP contribution in [-0.2, 0) is 27.4 Å². The Kier molecular flexibility index (Phi) is 5.16. The van der Waals surface area contributed by atoms with Gasteiger partial charge in [-0.25, -0.2) is 4.98 Å². The minimum atomic E-state index is -0.445. The molecule has 0 spiro atoms. The van der Waals surface area contributed by atoms with Crippen LogP contribution in [0.2, 0.25) is 0 Å². The van der Waals surface area contributed by atoms with Crippen molar-refractivity contribution in [2.75, 3.05) is 11.4 Å². The molecule has 1 saturated heterocycles. The van der Waals surface area contributed by atoms with Gasteiger partial charge < -0.3 is 9.26 Å². The van der Waals surface area contributed by atoms with Crippen LogP contribution < -0.4 is 4.90 Å². The van der Waals surface area contributed by atoms with Crippen molar-refractivity contribution >= 4 is 28.3 Å². The average Bonchev–Trinajstić information content (AvgIpc) is 3.41. The van der Waals surface area contributed by atoms with Crippen molar-refractivity contribution in [3.8, 4) is 11.4 Å². The lowest BCUT2D eigenvalue weighted by molar-refractivity contribution is -0.145. The fourth-order valence-electron chi connectivity index (χ4n) is 2.83. The number of anilines is 1. The fraction of sp³-hybridized carbons (Fsp3) is 0.316. The van der Waals surface area contributed by atoms with E-state index in [1.165, 1.54) is 11.3 Å². The number of aryl methyl sites for hydroxylation is 1. The van der Waals surface area contributed by atoms with Gasteiger partial charge in [0.2, 0.25) is 11.7 Å². The summed E-state index contributed by atoms with van der Waals surface area (Å²) in [5.74, 6) is 0.306. The molecule has 0 saturated carbocycles. The molecule has 1 amide bonds. The highest BCUT2D eigenvalue weighted by Crippen LogP contribution is 2.25. The molecule has 9 heteroatoms. The van der Waals surface area contributed by atoms with Crippen LogP contribution >= 0.6 is 11.3 Å². The first-order valence-electron chi connectivity index (χ1n) is 8.88. The van der Waals surface area contributed by atoms with E-state index < -0.39 is 5.97 Å². The molecule has 4 rings (SSSR count). The molecule has 8 nitrogen and oxygen atoms in total. The van der Waals surface area contributed by atoms with E-state index in [0.717, 1.165) is 17.5 Å². The first-order chi connectivity index (χ1) is 13.6. The van der Waals surface area contributed by atoms with Crippen molar-refractivity contribution in [1.29, 1.82) is 0 Å². The normalized spacial score (nSPS) is 13.9. The van der Waals surface area contributed by atoms with Gasteiger partial charge in [-0.2, -0.15) is 4.98 Å². The van der Waals surface area contributed by atoms with Crippen LogP contribution in [0, 0.1) is 6.92 Å². The van der Waals surface area contributed by atoms with E-state index >= 15 is 0 Å². The van der Waals surface area contributed by atoms with Crippen LogP contribution in [0.25, 0.3) is 11.4 Å². The highest BCUT2D eigenvalue weighted by atomic mass is 32.1. The van der Waals surface area contributed by atoms with E-state index in [2.05, 4.69) is 15.1 Å². The molecule has 0 N–H and O–H groups in total. The lowest BCUT2D eigenvalue weighted by Crippen LogP contribution is -2.23. The number of hydrogen-bond acceptors (Lipinski definition) is 8. The molecule has 0 radical (unpaired) electrons. The molecule has 0 aliphatic carbocycles. The molecule has 0 bridgehead atoms. The van der Waals surface area contributed by atoms with Crippen LogP contribution in [0.15, 0.2) is 34.2 Å². The molecule has 0 atom stereocenters. The Morgan fingerprint density at radius 1 is 1.29 bits per heavy atom. The van der Waals surface area contributed by atoms with Crippen LogP contribution in [0.1, 0.15) is 30.0 Å². The molecule has 0 unspecified atom stereocenters. The Labute approximate surface area is 165 Å². The molecular formula is C19H18N4O4S. The highest BCUT2D eigenvalue weighted by Gasteiger charge is 2.24. The summed E-state index contributed by atoms with van der Waals surface area (Å²) in [6, 6.07) is 7.73. The molecular weight excluding hydrogens is 380 g/mol. The Morgan fingerprint density at radius 2 is 2.11 bits per heavy atom. The van der Waals surface area contributed by atoms with Gasteiger partial charge in [-0.3, -0.25) is 14.5 Å². The smallest absolute Gasteiger partial charge is 0.312 e. The number of ether oxygens (including phenoxy) is 1. The standard InChI is InChI=1S/C19H18N4O4S/c1-12-4-6-13(7-5-12)18-21-15(27-22-18)10-26-17(25)9-14-11-28-19(20-14)23-8-2-3-16(23)24/h4-7,11H,2-3,8-10H2,1H3. The summed E-state index contributed by atoms with van der Waals surface area (Å²) in [5, 5.41) is 6.30. The largest absolute Gasteiger partial charge is 0.455 e. The second kappa shape index (κ2) is 7.89. The number of carbonyl (C=O) groups excluding carboxylic acids is 2. The molecule has 28 heavy (non-hydrogen) atoms. The number of rotatable bonds is 6. The summed E-state index contributed by atoms with van der Waals surface area (Å²) in [7, 11) is 0. The van der Waals surface area contributed by atoms with Crippen LogP contribution in [0.3, 0.4) is 0 Å². The van der Waals surface area contributed by atoms with Gasteiger partial charge in [0.25, 0.3) is 5.89 Å². The lowest BCUT2D eigenvalue weighted by atomic mass is 10.1. The van der Waals surface area contributed by atoms with Crippen molar-refractivity contribution in [2.24, 2.45) is 0 Å². The Bertz CT molecular complexity index is 996.